The van der Waals surface area contributed by atoms with Crippen molar-refractivity contribution in [2.45, 2.75) is 26.3 Å². The Balaban J connectivity index is 3.62. The van der Waals surface area contributed by atoms with Gasteiger partial charge in [-0.25, -0.2) is 4.79 Å². The van der Waals surface area contributed by atoms with E-state index in [-0.39, 0.29) is 12.6 Å². The molecule has 0 aromatic rings. The molecule has 17 heavy (non-hydrogen) atoms. The Bertz CT molecular complexity index is 202. The van der Waals surface area contributed by atoms with Gasteiger partial charge in [0.2, 0.25) is 0 Å². The van der Waals surface area contributed by atoms with E-state index in [0.717, 1.165) is 18.7 Å². The molecule has 0 bridgehead atoms. The Morgan fingerprint density at radius 1 is 1.41 bits per heavy atom. The van der Waals surface area contributed by atoms with Gasteiger partial charge in [0.25, 0.3) is 0 Å². The van der Waals surface area contributed by atoms with Crippen molar-refractivity contribution in [3.8, 4) is 0 Å². The summed E-state index contributed by atoms with van der Waals surface area (Å²) in [5.41, 5.74) is 0. The zero-order chi connectivity index (χ0) is 13.1. The molecule has 0 aromatic carbocycles. The standard InChI is InChI=1S/C12H25NO3S/c1-5-11(10-17-4)13(3)7-8-15-9-12(14)16-6-2/h11H,5-10H2,1-4H3. The lowest BCUT2D eigenvalue weighted by Crippen LogP contribution is -2.36. The van der Waals surface area contributed by atoms with Crippen molar-refractivity contribution in [1.82, 2.24) is 4.90 Å². The van der Waals surface area contributed by atoms with Crippen molar-refractivity contribution < 1.29 is 14.3 Å². The van der Waals surface area contributed by atoms with E-state index in [1.165, 1.54) is 0 Å². The second-order valence-corrected chi connectivity index (χ2v) is 4.77. The number of likely N-dealkylation sites (N-methyl/N-ethyl adjacent to an activating group) is 1. The van der Waals surface area contributed by atoms with Gasteiger partial charge in [-0.2, -0.15) is 11.8 Å². The Labute approximate surface area is 109 Å². The summed E-state index contributed by atoms with van der Waals surface area (Å²) in [6, 6.07) is 0.580. The lowest BCUT2D eigenvalue weighted by molar-refractivity contribution is -0.148. The van der Waals surface area contributed by atoms with E-state index in [9.17, 15) is 4.79 Å². The van der Waals surface area contributed by atoms with E-state index < -0.39 is 0 Å². The van der Waals surface area contributed by atoms with E-state index >= 15 is 0 Å². The van der Waals surface area contributed by atoms with Crippen LogP contribution in [0.1, 0.15) is 20.3 Å². The molecule has 0 aliphatic carbocycles. The molecule has 0 heterocycles. The smallest absolute Gasteiger partial charge is 0.332 e. The Morgan fingerprint density at radius 3 is 2.65 bits per heavy atom. The van der Waals surface area contributed by atoms with Gasteiger partial charge in [-0.1, -0.05) is 6.92 Å². The highest BCUT2D eigenvalue weighted by Crippen LogP contribution is 2.07. The fourth-order valence-electron chi connectivity index (χ4n) is 1.50. The molecule has 0 spiro atoms. The van der Waals surface area contributed by atoms with E-state index in [1.54, 1.807) is 6.92 Å². The van der Waals surface area contributed by atoms with E-state index in [0.29, 0.717) is 19.3 Å². The lowest BCUT2D eigenvalue weighted by atomic mass is 10.2. The average Bonchev–Trinajstić information content (AvgIpc) is 2.31. The van der Waals surface area contributed by atoms with Gasteiger partial charge >= 0.3 is 5.97 Å². The molecule has 102 valence electrons. The molecular weight excluding hydrogens is 238 g/mol. The SMILES string of the molecule is CCOC(=O)COCCN(C)C(CC)CSC. The Kier molecular flexibility index (Phi) is 10.7. The number of carbonyl (C=O) groups is 1. The van der Waals surface area contributed by atoms with Gasteiger partial charge in [0.15, 0.2) is 0 Å². The van der Waals surface area contributed by atoms with Gasteiger partial charge in [-0.15, -0.1) is 0 Å². The molecule has 1 unspecified atom stereocenters. The predicted octanol–water partition coefficient (Wildman–Crippen LogP) is 1.64. The first-order valence-electron chi connectivity index (χ1n) is 6.08. The maximum Gasteiger partial charge on any atom is 0.332 e. The number of hydrogen-bond donors (Lipinski definition) is 0. The third kappa shape index (κ3) is 8.46. The molecule has 0 rings (SSSR count). The van der Waals surface area contributed by atoms with Crippen molar-refractivity contribution in [1.29, 1.82) is 0 Å². The molecule has 0 N–H and O–H groups in total. The summed E-state index contributed by atoms with van der Waals surface area (Å²) < 4.78 is 10.0. The van der Waals surface area contributed by atoms with Crippen molar-refractivity contribution in [3.63, 3.8) is 0 Å². The van der Waals surface area contributed by atoms with Gasteiger partial charge in [0, 0.05) is 18.3 Å². The molecule has 0 aliphatic heterocycles. The van der Waals surface area contributed by atoms with Crippen LogP contribution in [0.5, 0.6) is 0 Å². The third-order valence-corrected chi connectivity index (χ3v) is 3.29. The van der Waals surface area contributed by atoms with Crippen LogP contribution in [0.2, 0.25) is 0 Å². The highest BCUT2D eigenvalue weighted by molar-refractivity contribution is 7.98. The van der Waals surface area contributed by atoms with Gasteiger partial charge in [-0.05, 0) is 26.6 Å². The summed E-state index contributed by atoms with van der Waals surface area (Å²) in [5, 5.41) is 0. The van der Waals surface area contributed by atoms with Gasteiger partial charge in [-0.3, -0.25) is 0 Å². The number of esters is 1. The molecule has 0 amide bonds. The minimum Gasteiger partial charge on any atom is -0.464 e. The number of thioether (sulfide) groups is 1. The van der Waals surface area contributed by atoms with Crippen LogP contribution in [0.25, 0.3) is 0 Å². The molecule has 0 aromatic heterocycles. The number of ether oxygens (including phenoxy) is 2. The zero-order valence-electron chi connectivity index (χ0n) is 11.4. The highest BCUT2D eigenvalue weighted by Gasteiger charge is 2.11. The van der Waals surface area contributed by atoms with Crippen LogP contribution in [0.3, 0.4) is 0 Å². The van der Waals surface area contributed by atoms with Crippen LogP contribution in [0.15, 0.2) is 0 Å². The predicted molar refractivity (Wildman–Crippen MR) is 72.5 cm³/mol. The van der Waals surface area contributed by atoms with Crippen molar-refractivity contribution in [2.75, 3.05) is 45.4 Å². The highest BCUT2D eigenvalue weighted by atomic mass is 32.2. The summed E-state index contributed by atoms with van der Waals surface area (Å²) >= 11 is 1.86. The maximum atomic E-state index is 11.0. The molecule has 0 fully saturated rings. The lowest BCUT2D eigenvalue weighted by Gasteiger charge is -2.26. The number of rotatable bonds is 10. The van der Waals surface area contributed by atoms with E-state index in [4.69, 9.17) is 9.47 Å². The molecular formula is C12H25NO3S. The molecule has 0 aliphatic rings. The Morgan fingerprint density at radius 2 is 2.12 bits per heavy atom. The van der Waals surface area contributed by atoms with Crippen LogP contribution in [0.4, 0.5) is 0 Å². The summed E-state index contributed by atoms with van der Waals surface area (Å²) in [7, 11) is 2.10. The molecule has 5 heteroatoms. The molecule has 0 radical (unpaired) electrons. The van der Waals surface area contributed by atoms with Crippen molar-refractivity contribution >= 4 is 17.7 Å². The fraction of sp³-hybridized carbons (Fsp3) is 0.917. The largest absolute Gasteiger partial charge is 0.464 e. The van der Waals surface area contributed by atoms with Crippen molar-refractivity contribution in [2.24, 2.45) is 0 Å². The van der Waals surface area contributed by atoms with E-state index in [1.807, 2.05) is 11.8 Å². The van der Waals surface area contributed by atoms with Crippen LogP contribution >= 0.6 is 11.8 Å². The second kappa shape index (κ2) is 10.9. The van der Waals surface area contributed by atoms with Crippen molar-refractivity contribution in [3.05, 3.63) is 0 Å². The van der Waals surface area contributed by atoms with Gasteiger partial charge < -0.3 is 14.4 Å². The summed E-state index contributed by atoms with van der Waals surface area (Å²) in [4.78, 5) is 13.3. The van der Waals surface area contributed by atoms with E-state index in [2.05, 4.69) is 25.1 Å². The zero-order valence-corrected chi connectivity index (χ0v) is 12.2. The molecule has 1 atom stereocenters. The van der Waals surface area contributed by atoms with Gasteiger partial charge in [0.05, 0.1) is 13.2 Å². The quantitative estimate of drug-likeness (QED) is 0.442. The van der Waals surface area contributed by atoms with Crippen LogP contribution in [-0.2, 0) is 14.3 Å². The second-order valence-electron chi connectivity index (χ2n) is 3.86. The molecule has 0 saturated heterocycles. The summed E-state index contributed by atoms with van der Waals surface area (Å²) in [6.07, 6.45) is 3.25. The summed E-state index contributed by atoms with van der Waals surface area (Å²) in [6.45, 7) is 5.87. The number of nitrogens with zero attached hydrogens (tertiary/aromatic N) is 1. The van der Waals surface area contributed by atoms with Crippen LogP contribution in [0, 0.1) is 0 Å². The first-order chi connectivity index (χ1) is 8.15. The first-order valence-corrected chi connectivity index (χ1v) is 7.47. The Hall–Kier alpha value is -0.260. The normalized spacial score (nSPS) is 12.8. The number of carbonyl (C=O) groups excluding carboxylic acids is 1. The number of hydrogen-bond acceptors (Lipinski definition) is 5. The minimum atomic E-state index is -0.286. The maximum absolute atomic E-state index is 11.0. The topological polar surface area (TPSA) is 38.8 Å². The fourth-order valence-corrected chi connectivity index (χ4v) is 2.37. The molecule has 0 saturated carbocycles. The monoisotopic (exact) mass is 263 g/mol. The average molecular weight is 263 g/mol. The summed E-state index contributed by atoms with van der Waals surface area (Å²) in [5.74, 6) is 0.844. The minimum absolute atomic E-state index is 0.0565. The van der Waals surface area contributed by atoms with Crippen LogP contribution < -0.4 is 0 Å². The molecule has 4 nitrogen and oxygen atoms in total. The third-order valence-electron chi connectivity index (χ3n) is 2.57. The van der Waals surface area contributed by atoms with Gasteiger partial charge in [0.1, 0.15) is 6.61 Å². The van der Waals surface area contributed by atoms with Crippen LogP contribution in [-0.4, -0.2) is 62.3 Å². The first kappa shape index (κ1) is 16.7.